The highest BCUT2D eigenvalue weighted by atomic mass is 127. The number of hydrogen-bond acceptors (Lipinski definition) is 7. The van der Waals surface area contributed by atoms with Gasteiger partial charge in [-0.25, -0.2) is 9.79 Å². The fourth-order valence-corrected chi connectivity index (χ4v) is 5.88. The third kappa shape index (κ3) is 4.76. The minimum absolute atomic E-state index is 0.198. The second-order valence-electron chi connectivity index (χ2n) is 7.55. The lowest BCUT2D eigenvalue weighted by atomic mass is 9.96. The number of carbonyl (C=O) groups is 1. The number of ether oxygens (including phenoxy) is 3. The van der Waals surface area contributed by atoms with Crippen LogP contribution in [-0.2, 0) is 9.53 Å². The summed E-state index contributed by atoms with van der Waals surface area (Å²) in [6.45, 7) is 3.67. The molecule has 0 aliphatic carbocycles. The molecule has 10 heteroatoms. The molecule has 0 N–H and O–H groups in total. The predicted molar refractivity (Wildman–Crippen MR) is 144 cm³/mol. The van der Waals surface area contributed by atoms with Gasteiger partial charge in [0.25, 0.3) is 5.56 Å². The second kappa shape index (κ2) is 10.5. The summed E-state index contributed by atoms with van der Waals surface area (Å²) in [6, 6.07) is 10.1. The summed E-state index contributed by atoms with van der Waals surface area (Å²) in [5.41, 5.74) is 1.78. The summed E-state index contributed by atoms with van der Waals surface area (Å²) in [6.07, 6.45) is 1.75. The molecule has 7 nitrogen and oxygen atoms in total. The highest BCUT2D eigenvalue weighted by Gasteiger charge is 2.34. The Morgan fingerprint density at radius 3 is 2.66 bits per heavy atom. The summed E-state index contributed by atoms with van der Waals surface area (Å²) in [7, 11) is 3.12. The molecule has 0 spiro atoms. The Bertz CT molecular complexity index is 1530. The highest BCUT2D eigenvalue weighted by molar-refractivity contribution is 14.1. The topological polar surface area (TPSA) is 79.1 Å². The Kier molecular flexibility index (Phi) is 7.67. The molecule has 1 aliphatic heterocycles. The summed E-state index contributed by atoms with van der Waals surface area (Å²) in [5.74, 6) is 0.551. The maximum Gasteiger partial charge on any atom is 0.338 e. The van der Waals surface area contributed by atoms with Gasteiger partial charge in [0.2, 0.25) is 0 Å². The zero-order chi connectivity index (χ0) is 25.3. The molecule has 1 aliphatic rings. The van der Waals surface area contributed by atoms with Gasteiger partial charge in [0.15, 0.2) is 16.3 Å². The van der Waals surface area contributed by atoms with Crippen LogP contribution in [0.5, 0.6) is 11.5 Å². The molecule has 0 fully saturated rings. The molecule has 2 aromatic carbocycles. The number of methoxy groups -OCH3 is 2. The van der Waals surface area contributed by atoms with Gasteiger partial charge in [0, 0.05) is 14.2 Å². The van der Waals surface area contributed by atoms with E-state index < -0.39 is 12.0 Å². The van der Waals surface area contributed by atoms with Crippen LogP contribution in [0.15, 0.2) is 57.5 Å². The number of esters is 1. The smallest absolute Gasteiger partial charge is 0.338 e. The quantitative estimate of drug-likeness (QED) is 0.305. The first-order chi connectivity index (χ1) is 16.8. The number of aromatic nitrogens is 1. The van der Waals surface area contributed by atoms with E-state index in [1.807, 2.05) is 18.2 Å². The molecule has 2 heterocycles. The molecule has 0 unspecified atom stereocenters. The highest BCUT2D eigenvalue weighted by Crippen LogP contribution is 2.35. The third-order valence-electron chi connectivity index (χ3n) is 5.48. The first-order valence-electron chi connectivity index (χ1n) is 10.7. The normalized spacial score (nSPS) is 15.5. The molecular formula is C25H22ClIN2O5S. The lowest BCUT2D eigenvalue weighted by molar-refractivity contribution is -0.139. The van der Waals surface area contributed by atoms with Crippen molar-refractivity contribution in [2.75, 3.05) is 20.8 Å². The van der Waals surface area contributed by atoms with Crippen LogP contribution in [0.3, 0.4) is 0 Å². The van der Waals surface area contributed by atoms with Crippen LogP contribution in [0.1, 0.15) is 31.0 Å². The van der Waals surface area contributed by atoms with Crippen molar-refractivity contribution in [3.63, 3.8) is 0 Å². The van der Waals surface area contributed by atoms with E-state index in [1.165, 1.54) is 15.9 Å². The SMILES string of the molecule is CCOC(=O)C1=C(C)N=c2s/c(=C\c3cc(I)cc(OC)c3OC)c(=O)n2[C@H]1c1ccccc1Cl. The lowest BCUT2D eigenvalue weighted by Gasteiger charge is -2.25. The van der Waals surface area contributed by atoms with Gasteiger partial charge in [-0.1, -0.05) is 41.1 Å². The summed E-state index contributed by atoms with van der Waals surface area (Å²) >= 11 is 9.96. The van der Waals surface area contributed by atoms with Crippen LogP contribution < -0.4 is 24.4 Å². The Balaban J connectivity index is 2.01. The molecule has 4 rings (SSSR count). The number of benzene rings is 2. The molecule has 0 saturated heterocycles. The van der Waals surface area contributed by atoms with Crippen molar-refractivity contribution in [3.8, 4) is 11.5 Å². The number of hydrogen-bond donors (Lipinski definition) is 0. The van der Waals surface area contributed by atoms with Gasteiger partial charge in [0.1, 0.15) is 6.04 Å². The molecule has 0 saturated carbocycles. The van der Waals surface area contributed by atoms with Crippen LogP contribution in [0.2, 0.25) is 5.02 Å². The zero-order valence-electron chi connectivity index (χ0n) is 19.4. The Morgan fingerprint density at radius 2 is 2.00 bits per heavy atom. The van der Waals surface area contributed by atoms with Crippen LogP contribution in [0, 0.1) is 3.57 Å². The number of fused-ring (bicyclic) bond motifs is 1. The number of halogens is 2. The molecule has 0 bridgehead atoms. The van der Waals surface area contributed by atoms with E-state index in [2.05, 4.69) is 27.6 Å². The minimum Gasteiger partial charge on any atom is -0.493 e. The fourth-order valence-electron chi connectivity index (χ4n) is 3.99. The van der Waals surface area contributed by atoms with E-state index in [0.29, 0.717) is 42.7 Å². The number of rotatable bonds is 6. The Labute approximate surface area is 224 Å². The van der Waals surface area contributed by atoms with Gasteiger partial charge in [-0.15, -0.1) is 0 Å². The third-order valence-corrected chi connectivity index (χ3v) is 7.43. The summed E-state index contributed by atoms with van der Waals surface area (Å²) in [4.78, 5) is 31.8. The van der Waals surface area contributed by atoms with Gasteiger partial charge < -0.3 is 14.2 Å². The van der Waals surface area contributed by atoms with Gasteiger partial charge >= 0.3 is 5.97 Å². The maximum atomic E-state index is 13.8. The average Bonchev–Trinajstić information content (AvgIpc) is 3.12. The number of carbonyl (C=O) groups excluding carboxylic acids is 1. The van der Waals surface area contributed by atoms with Crippen molar-refractivity contribution < 1.29 is 19.0 Å². The molecule has 1 atom stereocenters. The van der Waals surface area contributed by atoms with Crippen molar-refractivity contribution >= 4 is 57.6 Å². The number of thiazole rings is 1. The van der Waals surface area contributed by atoms with Gasteiger partial charge in [-0.3, -0.25) is 9.36 Å². The Morgan fingerprint density at radius 1 is 1.26 bits per heavy atom. The van der Waals surface area contributed by atoms with Crippen molar-refractivity contribution in [3.05, 3.63) is 87.1 Å². The Hall–Kier alpha value is -2.63. The molecule has 1 aromatic heterocycles. The monoisotopic (exact) mass is 624 g/mol. The molecule has 35 heavy (non-hydrogen) atoms. The van der Waals surface area contributed by atoms with Crippen LogP contribution in [-0.4, -0.2) is 31.4 Å². The standard InChI is InChI=1S/C25H22ClIN2O5S/c1-5-34-24(31)20-13(2)28-25-29(21(20)16-8-6-7-9-17(16)26)23(30)19(35-25)11-14-10-15(27)12-18(32-3)22(14)33-4/h6-12,21H,5H2,1-4H3/b19-11-/t21-/m0/s1. The first-order valence-corrected chi connectivity index (χ1v) is 12.9. The van der Waals surface area contributed by atoms with E-state index in [-0.39, 0.29) is 17.7 Å². The molecule has 182 valence electrons. The number of allylic oxidation sites excluding steroid dienone is 1. The van der Waals surface area contributed by atoms with E-state index in [1.54, 1.807) is 52.3 Å². The van der Waals surface area contributed by atoms with Crippen molar-refractivity contribution in [1.82, 2.24) is 4.57 Å². The van der Waals surface area contributed by atoms with Crippen LogP contribution in [0.4, 0.5) is 0 Å². The predicted octanol–water partition coefficient (Wildman–Crippen LogP) is 4.07. The summed E-state index contributed by atoms with van der Waals surface area (Å²) in [5, 5.41) is 0.438. The van der Waals surface area contributed by atoms with Crippen LogP contribution >= 0.6 is 45.5 Å². The van der Waals surface area contributed by atoms with Crippen molar-refractivity contribution in [2.45, 2.75) is 19.9 Å². The minimum atomic E-state index is -0.770. The van der Waals surface area contributed by atoms with Crippen molar-refractivity contribution in [2.24, 2.45) is 4.99 Å². The second-order valence-corrected chi connectivity index (χ2v) is 10.2. The number of nitrogens with zero attached hydrogens (tertiary/aromatic N) is 2. The lowest BCUT2D eigenvalue weighted by Crippen LogP contribution is -2.40. The molecule has 0 amide bonds. The average molecular weight is 625 g/mol. The maximum absolute atomic E-state index is 13.8. The molecule has 0 radical (unpaired) electrons. The van der Waals surface area contributed by atoms with E-state index in [0.717, 1.165) is 3.57 Å². The zero-order valence-corrected chi connectivity index (χ0v) is 23.2. The van der Waals surface area contributed by atoms with Crippen LogP contribution in [0.25, 0.3) is 6.08 Å². The van der Waals surface area contributed by atoms with Gasteiger partial charge in [-0.2, -0.15) is 0 Å². The van der Waals surface area contributed by atoms with Gasteiger partial charge in [-0.05, 0) is 66.3 Å². The van der Waals surface area contributed by atoms with Crippen molar-refractivity contribution in [1.29, 1.82) is 0 Å². The molecule has 3 aromatic rings. The first kappa shape index (κ1) is 25.5. The fraction of sp³-hybridized carbons (Fsp3) is 0.240. The van der Waals surface area contributed by atoms with Gasteiger partial charge in [0.05, 0.1) is 36.6 Å². The summed E-state index contributed by atoms with van der Waals surface area (Å²) < 4.78 is 19.2. The van der Waals surface area contributed by atoms with E-state index in [4.69, 9.17) is 25.8 Å². The van der Waals surface area contributed by atoms with E-state index in [9.17, 15) is 9.59 Å². The van der Waals surface area contributed by atoms with E-state index >= 15 is 0 Å². The largest absolute Gasteiger partial charge is 0.493 e. The molecular weight excluding hydrogens is 603 g/mol.